The van der Waals surface area contributed by atoms with Crippen molar-refractivity contribution in [2.24, 2.45) is 0 Å². The van der Waals surface area contributed by atoms with Gasteiger partial charge in [-0.2, -0.15) is 0 Å². The molecule has 1 fully saturated rings. The molecule has 104 valence electrons. The van der Waals surface area contributed by atoms with Gasteiger partial charge in [-0.05, 0) is 26.3 Å². The minimum Gasteiger partial charge on any atom is -0.456 e. The molecule has 0 aromatic carbocycles. The highest BCUT2D eigenvalue weighted by Crippen LogP contribution is 2.09. The quantitative estimate of drug-likeness (QED) is 0.452. The molecule has 0 aliphatic carbocycles. The van der Waals surface area contributed by atoms with E-state index in [2.05, 4.69) is 11.9 Å². The molecule has 0 bridgehead atoms. The van der Waals surface area contributed by atoms with E-state index >= 15 is 0 Å². The van der Waals surface area contributed by atoms with Gasteiger partial charge in [0, 0.05) is 5.57 Å². The summed E-state index contributed by atoms with van der Waals surface area (Å²) in [6.45, 7) is 5.98. The molecule has 0 aromatic heterocycles. The molecule has 0 aromatic rings. The molecule has 1 atom stereocenters. The Morgan fingerprint density at radius 1 is 1.42 bits per heavy atom. The second kappa shape index (κ2) is 8.43. The monoisotopic (exact) mass is 263 g/mol. The second-order valence-corrected chi connectivity index (χ2v) is 4.39. The van der Waals surface area contributed by atoms with Crippen molar-refractivity contribution in [3.63, 3.8) is 0 Å². The van der Waals surface area contributed by atoms with Crippen LogP contribution in [0.5, 0.6) is 0 Å². The third-order valence-electron chi connectivity index (χ3n) is 2.91. The summed E-state index contributed by atoms with van der Waals surface area (Å²) in [4.78, 5) is 23.6. The largest absolute Gasteiger partial charge is 0.456 e. The number of carbonyl (C=O) groups excluding carboxylic acids is 2. The van der Waals surface area contributed by atoms with Gasteiger partial charge in [0.15, 0.2) is 12.4 Å². The summed E-state index contributed by atoms with van der Waals surface area (Å²) < 4.78 is 5.06. The maximum absolute atomic E-state index is 11.8. The minimum absolute atomic E-state index is 0.220. The Hall–Kier alpha value is -1.68. The lowest BCUT2D eigenvalue weighted by atomic mass is 10.1. The molecule has 1 aliphatic heterocycles. The van der Waals surface area contributed by atoms with Crippen molar-refractivity contribution < 1.29 is 14.3 Å². The van der Waals surface area contributed by atoms with Crippen molar-refractivity contribution in [2.45, 2.75) is 32.2 Å². The third-order valence-corrected chi connectivity index (χ3v) is 2.91. The number of piperidine rings is 1. The molecule has 1 N–H and O–H groups in total. The van der Waals surface area contributed by atoms with Gasteiger partial charge in [-0.3, -0.25) is 9.59 Å². The van der Waals surface area contributed by atoms with E-state index in [0.29, 0.717) is 5.57 Å². The molecule has 0 radical (unpaired) electrons. The van der Waals surface area contributed by atoms with E-state index in [1.165, 1.54) is 6.08 Å². The zero-order valence-corrected chi connectivity index (χ0v) is 11.4. The highest BCUT2D eigenvalue weighted by molar-refractivity contribution is 6.00. The van der Waals surface area contributed by atoms with Crippen molar-refractivity contribution in [1.82, 2.24) is 5.32 Å². The highest BCUT2D eigenvalue weighted by atomic mass is 16.5. The summed E-state index contributed by atoms with van der Waals surface area (Å²) in [5.41, 5.74) is 0.488. The van der Waals surface area contributed by atoms with Crippen LogP contribution in [-0.4, -0.2) is 30.9 Å². The topological polar surface area (TPSA) is 55.4 Å². The zero-order chi connectivity index (χ0) is 14.1. The first kappa shape index (κ1) is 15.4. The molecule has 4 heteroatoms. The Labute approximate surface area is 114 Å². The molecule has 1 rings (SSSR count). The molecule has 0 saturated carbocycles. The predicted molar refractivity (Wildman–Crippen MR) is 74.7 cm³/mol. The fraction of sp³-hybridized carbons (Fsp3) is 0.467. The van der Waals surface area contributed by atoms with Crippen LogP contribution in [0.4, 0.5) is 0 Å². The lowest BCUT2D eigenvalue weighted by Crippen LogP contribution is -2.42. The average Bonchev–Trinajstić information content (AvgIpc) is 2.45. The first-order valence-corrected chi connectivity index (χ1v) is 6.57. The molecule has 0 amide bonds. The van der Waals surface area contributed by atoms with E-state index in [1.807, 2.05) is 6.92 Å². The summed E-state index contributed by atoms with van der Waals surface area (Å²) in [6.07, 6.45) is 9.45. The van der Waals surface area contributed by atoms with Crippen molar-refractivity contribution in [3.05, 3.63) is 36.5 Å². The summed E-state index contributed by atoms with van der Waals surface area (Å²) in [6, 6.07) is -0.268. The normalized spacial score (nSPS) is 20.3. The van der Waals surface area contributed by atoms with Crippen molar-refractivity contribution >= 4 is 11.8 Å². The Kier molecular flexibility index (Phi) is 6.82. The highest BCUT2D eigenvalue weighted by Gasteiger charge is 2.22. The fourth-order valence-corrected chi connectivity index (χ4v) is 1.92. The van der Waals surface area contributed by atoms with Gasteiger partial charge in [-0.1, -0.05) is 37.3 Å². The number of ketones is 1. The number of hydrogen-bond donors (Lipinski definition) is 1. The zero-order valence-electron chi connectivity index (χ0n) is 11.4. The molecular formula is C15H21NO3. The van der Waals surface area contributed by atoms with E-state index in [0.717, 1.165) is 25.8 Å². The van der Waals surface area contributed by atoms with Gasteiger partial charge in [0.2, 0.25) is 0 Å². The van der Waals surface area contributed by atoms with E-state index in [-0.39, 0.29) is 24.4 Å². The number of hydrogen-bond acceptors (Lipinski definition) is 4. The van der Waals surface area contributed by atoms with Crippen LogP contribution in [0.15, 0.2) is 36.5 Å². The number of Topliss-reactive ketones (excluding diaryl/α,β-unsaturated/α-hetero) is 1. The van der Waals surface area contributed by atoms with Gasteiger partial charge in [0.05, 0.1) is 0 Å². The second-order valence-electron chi connectivity index (χ2n) is 4.39. The van der Waals surface area contributed by atoms with Crippen LogP contribution >= 0.6 is 0 Å². The number of ether oxygens (including phenoxy) is 1. The lowest BCUT2D eigenvalue weighted by Gasteiger charge is -2.21. The van der Waals surface area contributed by atoms with Gasteiger partial charge in [-0.15, -0.1) is 0 Å². The van der Waals surface area contributed by atoms with E-state index in [9.17, 15) is 9.59 Å². The lowest BCUT2D eigenvalue weighted by molar-refractivity contribution is -0.149. The van der Waals surface area contributed by atoms with Crippen LogP contribution in [0, 0.1) is 0 Å². The van der Waals surface area contributed by atoms with E-state index in [4.69, 9.17) is 4.74 Å². The van der Waals surface area contributed by atoms with Crippen molar-refractivity contribution in [1.29, 1.82) is 0 Å². The molecule has 1 unspecified atom stereocenters. The van der Waals surface area contributed by atoms with Crippen LogP contribution in [0.3, 0.4) is 0 Å². The molecule has 19 heavy (non-hydrogen) atoms. The molecule has 1 heterocycles. The van der Waals surface area contributed by atoms with Gasteiger partial charge in [0.25, 0.3) is 0 Å². The number of nitrogens with one attached hydrogen (secondary N) is 1. The Balaban J connectivity index is 2.46. The van der Waals surface area contributed by atoms with Crippen LogP contribution in [0.1, 0.15) is 26.2 Å². The van der Waals surface area contributed by atoms with Gasteiger partial charge < -0.3 is 10.1 Å². The Bertz CT molecular complexity index is 390. The van der Waals surface area contributed by atoms with Gasteiger partial charge >= 0.3 is 5.97 Å². The molecule has 1 saturated heterocycles. The van der Waals surface area contributed by atoms with Gasteiger partial charge in [0.1, 0.15) is 6.04 Å². The SMILES string of the molecule is C=C/C=C(\C=C/C)C(=O)COC(=O)C1CCCCN1. The number of allylic oxidation sites excluding steroid dienone is 4. The maximum Gasteiger partial charge on any atom is 0.323 e. The van der Waals surface area contributed by atoms with Crippen molar-refractivity contribution in [2.75, 3.05) is 13.2 Å². The smallest absolute Gasteiger partial charge is 0.323 e. The number of rotatable bonds is 6. The van der Waals surface area contributed by atoms with Crippen LogP contribution in [-0.2, 0) is 14.3 Å². The molecule has 4 nitrogen and oxygen atoms in total. The first-order valence-electron chi connectivity index (χ1n) is 6.57. The third kappa shape index (κ3) is 5.22. The number of carbonyl (C=O) groups is 2. The Morgan fingerprint density at radius 3 is 2.79 bits per heavy atom. The van der Waals surface area contributed by atoms with Crippen LogP contribution in [0.2, 0.25) is 0 Å². The minimum atomic E-state index is -0.341. The maximum atomic E-state index is 11.8. The average molecular weight is 263 g/mol. The molecule has 1 aliphatic rings. The van der Waals surface area contributed by atoms with Crippen LogP contribution < -0.4 is 5.32 Å². The first-order chi connectivity index (χ1) is 9.19. The summed E-state index contributed by atoms with van der Waals surface area (Å²) >= 11 is 0. The molecule has 0 spiro atoms. The van der Waals surface area contributed by atoms with Crippen LogP contribution in [0.25, 0.3) is 0 Å². The van der Waals surface area contributed by atoms with Gasteiger partial charge in [-0.25, -0.2) is 0 Å². The Morgan fingerprint density at radius 2 is 2.21 bits per heavy atom. The fourth-order valence-electron chi connectivity index (χ4n) is 1.92. The van der Waals surface area contributed by atoms with E-state index < -0.39 is 0 Å². The summed E-state index contributed by atoms with van der Waals surface area (Å²) in [7, 11) is 0. The standard InChI is InChI=1S/C15H21NO3/c1-3-7-12(8-4-2)14(17)11-19-15(18)13-9-5-6-10-16-13/h3-4,7-8,13,16H,1,5-6,9-11H2,2H3/b8-4-,12-7+. The van der Waals surface area contributed by atoms with E-state index in [1.54, 1.807) is 18.2 Å². The number of esters is 1. The molecular weight excluding hydrogens is 242 g/mol. The van der Waals surface area contributed by atoms with Crippen molar-refractivity contribution in [3.8, 4) is 0 Å². The summed E-state index contributed by atoms with van der Waals surface area (Å²) in [5.74, 6) is -0.561. The predicted octanol–water partition coefficient (Wildman–Crippen LogP) is 1.93. The summed E-state index contributed by atoms with van der Waals surface area (Å²) in [5, 5.41) is 3.09.